The highest BCUT2D eigenvalue weighted by Crippen LogP contribution is 2.35. The third-order valence-electron chi connectivity index (χ3n) is 2.33. The van der Waals surface area contributed by atoms with E-state index in [9.17, 15) is 14.6 Å². The lowest BCUT2D eigenvalue weighted by atomic mass is 10.3. The Morgan fingerprint density at radius 1 is 1.24 bits per heavy atom. The van der Waals surface area contributed by atoms with Crippen molar-refractivity contribution in [3.8, 4) is 17.4 Å². The molecule has 0 aliphatic rings. The molecule has 0 amide bonds. The number of aromatic hydroxyl groups is 2. The predicted octanol–water partition coefficient (Wildman–Crippen LogP) is 3.42. The lowest BCUT2D eigenvalue weighted by molar-refractivity contribution is 0.401. The quantitative estimate of drug-likeness (QED) is 0.825. The van der Waals surface area contributed by atoms with Crippen molar-refractivity contribution in [1.82, 2.24) is 4.57 Å². The molecule has 0 aliphatic heterocycles. The Morgan fingerprint density at radius 3 is 2.47 bits per heavy atom. The van der Waals surface area contributed by atoms with E-state index >= 15 is 0 Å². The first-order valence-electron chi connectivity index (χ1n) is 4.68. The molecular formula is C11H8Cl2FNO2. The van der Waals surface area contributed by atoms with Crippen LogP contribution in [0.5, 0.6) is 11.8 Å². The number of aromatic nitrogens is 1. The number of alkyl halides is 1. The van der Waals surface area contributed by atoms with Crippen LogP contribution in [0.15, 0.2) is 24.3 Å². The van der Waals surface area contributed by atoms with Crippen molar-refractivity contribution in [2.75, 3.05) is 0 Å². The molecule has 2 N–H and O–H groups in total. The van der Waals surface area contributed by atoms with Gasteiger partial charge in [-0.1, -0.05) is 11.6 Å². The Morgan fingerprint density at radius 2 is 1.94 bits per heavy atom. The van der Waals surface area contributed by atoms with Crippen molar-refractivity contribution in [1.29, 1.82) is 0 Å². The molecule has 0 bridgehead atoms. The zero-order chi connectivity index (χ0) is 12.6. The van der Waals surface area contributed by atoms with Crippen LogP contribution in [0.2, 0.25) is 5.02 Å². The van der Waals surface area contributed by atoms with E-state index in [1.54, 1.807) is 0 Å². The fraction of sp³-hybridized carbons (Fsp3) is 0.0909. The van der Waals surface area contributed by atoms with Gasteiger partial charge in [0.05, 0.1) is 16.6 Å². The van der Waals surface area contributed by atoms with Gasteiger partial charge < -0.3 is 10.2 Å². The van der Waals surface area contributed by atoms with E-state index < -0.39 is 5.82 Å². The summed E-state index contributed by atoms with van der Waals surface area (Å²) >= 11 is 11.4. The summed E-state index contributed by atoms with van der Waals surface area (Å²) in [6.07, 6.45) is 0. The second-order valence-corrected chi connectivity index (χ2v) is 4.09. The molecule has 17 heavy (non-hydrogen) atoms. The Balaban J connectivity index is 2.64. The maximum absolute atomic E-state index is 12.9. The Labute approximate surface area is 107 Å². The van der Waals surface area contributed by atoms with E-state index in [4.69, 9.17) is 23.2 Å². The van der Waals surface area contributed by atoms with Gasteiger partial charge in [-0.3, -0.25) is 0 Å². The molecule has 1 aromatic heterocycles. The van der Waals surface area contributed by atoms with Crippen LogP contribution in [0.4, 0.5) is 4.39 Å². The number of halogens is 3. The van der Waals surface area contributed by atoms with Gasteiger partial charge in [0.1, 0.15) is 5.82 Å². The van der Waals surface area contributed by atoms with Crippen molar-refractivity contribution < 1.29 is 14.6 Å². The molecule has 3 nitrogen and oxygen atoms in total. The summed E-state index contributed by atoms with van der Waals surface area (Å²) in [5.74, 6) is -0.884. The van der Waals surface area contributed by atoms with Crippen LogP contribution < -0.4 is 0 Å². The highest BCUT2D eigenvalue weighted by molar-refractivity contribution is 6.32. The lowest BCUT2D eigenvalue weighted by Gasteiger charge is -2.09. The molecule has 0 saturated heterocycles. The van der Waals surface area contributed by atoms with Gasteiger partial charge in [-0.05, 0) is 18.2 Å². The molecular weight excluding hydrogens is 268 g/mol. The van der Waals surface area contributed by atoms with Crippen LogP contribution >= 0.6 is 23.2 Å². The number of hydrogen-bond donors (Lipinski definition) is 2. The van der Waals surface area contributed by atoms with Gasteiger partial charge in [-0.2, -0.15) is 0 Å². The molecule has 0 saturated carbocycles. The Hall–Kier alpha value is -1.39. The zero-order valence-corrected chi connectivity index (χ0v) is 10.0. The second-order valence-electron chi connectivity index (χ2n) is 3.42. The smallest absolute Gasteiger partial charge is 0.203 e. The summed E-state index contributed by atoms with van der Waals surface area (Å²) in [7, 11) is 0. The van der Waals surface area contributed by atoms with Crippen LogP contribution in [0, 0.1) is 5.82 Å². The largest absolute Gasteiger partial charge is 0.494 e. The molecule has 0 spiro atoms. The SMILES string of the molecule is Oc1cc(CCl)c(O)n1-c1ccc(F)cc1Cl. The molecule has 6 heteroatoms. The number of hydrogen-bond acceptors (Lipinski definition) is 2. The summed E-state index contributed by atoms with van der Waals surface area (Å²) < 4.78 is 14.0. The molecule has 0 fully saturated rings. The van der Waals surface area contributed by atoms with Crippen molar-refractivity contribution in [2.45, 2.75) is 5.88 Å². The molecule has 0 unspecified atom stereocenters. The minimum Gasteiger partial charge on any atom is -0.494 e. The van der Waals surface area contributed by atoms with Gasteiger partial charge in [-0.25, -0.2) is 8.96 Å². The molecule has 1 heterocycles. The monoisotopic (exact) mass is 275 g/mol. The maximum Gasteiger partial charge on any atom is 0.203 e. The normalized spacial score (nSPS) is 10.8. The average Bonchev–Trinajstić information content (AvgIpc) is 2.55. The number of nitrogens with zero attached hydrogens (tertiary/aromatic N) is 1. The first kappa shape index (κ1) is 12.1. The van der Waals surface area contributed by atoms with Crippen molar-refractivity contribution >= 4 is 23.2 Å². The van der Waals surface area contributed by atoms with E-state index in [1.807, 2.05) is 0 Å². The van der Waals surface area contributed by atoms with E-state index in [0.717, 1.165) is 10.6 Å². The maximum atomic E-state index is 12.9. The van der Waals surface area contributed by atoms with Crippen LogP contribution in [0.3, 0.4) is 0 Å². The highest BCUT2D eigenvalue weighted by Gasteiger charge is 2.16. The number of benzene rings is 1. The summed E-state index contributed by atoms with van der Waals surface area (Å²) in [5, 5.41) is 19.6. The molecule has 2 rings (SSSR count). The van der Waals surface area contributed by atoms with Gasteiger partial charge >= 0.3 is 0 Å². The van der Waals surface area contributed by atoms with E-state index in [0.29, 0.717) is 5.56 Å². The van der Waals surface area contributed by atoms with E-state index in [-0.39, 0.29) is 28.3 Å². The molecule has 0 atom stereocenters. The van der Waals surface area contributed by atoms with Crippen LogP contribution in [0.25, 0.3) is 5.69 Å². The fourth-order valence-electron chi connectivity index (χ4n) is 1.54. The fourth-order valence-corrected chi connectivity index (χ4v) is 1.98. The van der Waals surface area contributed by atoms with Crippen molar-refractivity contribution in [3.05, 3.63) is 40.7 Å². The first-order valence-corrected chi connectivity index (χ1v) is 5.59. The predicted molar refractivity (Wildman–Crippen MR) is 63.6 cm³/mol. The molecule has 1 aromatic carbocycles. The van der Waals surface area contributed by atoms with Gasteiger partial charge in [0.25, 0.3) is 0 Å². The third kappa shape index (κ3) is 2.06. The first-order chi connectivity index (χ1) is 8.04. The molecule has 90 valence electrons. The molecule has 0 radical (unpaired) electrons. The number of rotatable bonds is 2. The summed E-state index contributed by atoms with van der Waals surface area (Å²) in [4.78, 5) is 0. The standard InChI is InChI=1S/C11H8Cl2FNO2/c12-5-6-3-10(16)15(11(6)17)9-2-1-7(14)4-8(9)13/h1-4,16-17H,5H2. The highest BCUT2D eigenvalue weighted by atomic mass is 35.5. The average molecular weight is 276 g/mol. The van der Waals surface area contributed by atoms with E-state index in [2.05, 4.69) is 0 Å². The van der Waals surface area contributed by atoms with Crippen molar-refractivity contribution in [3.63, 3.8) is 0 Å². The summed E-state index contributed by atoms with van der Waals surface area (Å²) in [6, 6.07) is 4.95. The topological polar surface area (TPSA) is 45.4 Å². The van der Waals surface area contributed by atoms with Crippen LogP contribution in [-0.2, 0) is 5.88 Å². The van der Waals surface area contributed by atoms with Gasteiger partial charge in [-0.15, -0.1) is 11.6 Å². The lowest BCUT2D eigenvalue weighted by Crippen LogP contribution is -1.94. The molecule has 0 aliphatic carbocycles. The van der Waals surface area contributed by atoms with Gasteiger partial charge in [0.2, 0.25) is 5.88 Å². The van der Waals surface area contributed by atoms with Crippen LogP contribution in [0.1, 0.15) is 5.56 Å². The van der Waals surface area contributed by atoms with Crippen molar-refractivity contribution in [2.24, 2.45) is 0 Å². The third-order valence-corrected chi connectivity index (χ3v) is 2.92. The summed E-state index contributed by atoms with van der Waals surface area (Å²) in [5.41, 5.74) is 0.643. The Kier molecular flexibility index (Phi) is 3.17. The van der Waals surface area contributed by atoms with Crippen LogP contribution in [-0.4, -0.2) is 14.8 Å². The second kappa shape index (κ2) is 4.47. The van der Waals surface area contributed by atoms with Gasteiger partial charge in [0.15, 0.2) is 5.88 Å². The van der Waals surface area contributed by atoms with Gasteiger partial charge in [0, 0.05) is 11.6 Å². The van der Waals surface area contributed by atoms with E-state index in [1.165, 1.54) is 18.2 Å². The minimum atomic E-state index is -0.498. The molecule has 2 aromatic rings. The minimum absolute atomic E-state index is 0.0468. The Bertz CT molecular complexity index is 569. The summed E-state index contributed by atoms with van der Waals surface area (Å²) in [6.45, 7) is 0. The zero-order valence-electron chi connectivity index (χ0n) is 8.49.